The Hall–Kier alpha value is -2.38. The van der Waals surface area contributed by atoms with Gasteiger partial charge in [-0.15, -0.1) is 0 Å². The fourth-order valence-electron chi connectivity index (χ4n) is 3.76. The van der Waals surface area contributed by atoms with Crippen molar-refractivity contribution >= 4 is 17.8 Å². The summed E-state index contributed by atoms with van der Waals surface area (Å²) in [6.45, 7) is 3.11. The number of fused-ring (bicyclic) bond motifs is 1. The lowest BCUT2D eigenvalue weighted by Crippen LogP contribution is -2.43. The fraction of sp³-hybridized carbons (Fsp3) is 0.667. The van der Waals surface area contributed by atoms with Crippen LogP contribution in [0.15, 0.2) is 0 Å². The standard InChI is InChI=1S/C18H26N6O2/c19-15(25)11-20-17-13-5-9-24(18(26)23-7-1-2-8-23)10-6-14(13)21-16(22-17)12-3-4-12/h12H,1-11H2,(H2,19,25)(H,20,21,22). The lowest BCUT2D eigenvalue weighted by atomic mass is 10.1. The number of likely N-dealkylation sites (tertiary alicyclic amines) is 1. The number of hydrogen-bond acceptors (Lipinski definition) is 5. The summed E-state index contributed by atoms with van der Waals surface area (Å²) in [4.78, 5) is 37.3. The first kappa shape index (κ1) is 17.1. The molecule has 2 fully saturated rings. The summed E-state index contributed by atoms with van der Waals surface area (Å²) in [6, 6.07) is 0.136. The van der Waals surface area contributed by atoms with Crippen molar-refractivity contribution in [2.45, 2.75) is 44.4 Å². The minimum absolute atomic E-state index is 0.0595. The molecule has 1 aromatic heterocycles. The Kier molecular flexibility index (Phi) is 4.65. The van der Waals surface area contributed by atoms with Crippen LogP contribution < -0.4 is 11.1 Å². The van der Waals surface area contributed by atoms with Gasteiger partial charge >= 0.3 is 6.03 Å². The number of amides is 3. The molecule has 0 bridgehead atoms. The zero-order valence-electron chi connectivity index (χ0n) is 15.0. The van der Waals surface area contributed by atoms with Gasteiger partial charge in [-0.3, -0.25) is 4.79 Å². The van der Waals surface area contributed by atoms with E-state index in [1.54, 1.807) is 0 Å². The Morgan fingerprint density at radius 1 is 1.04 bits per heavy atom. The van der Waals surface area contributed by atoms with E-state index in [1.807, 2.05) is 9.80 Å². The van der Waals surface area contributed by atoms with Crippen molar-refractivity contribution < 1.29 is 9.59 Å². The Labute approximate surface area is 153 Å². The second-order valence-electron chi connectivity index (χ2n) is 7.41. The molecule has 140 valence electrons. The van der Waals surface area contributed by atoms with Gasteiger partial charge in [0.2, 0.25) is 5.91 Å². The van der Waals surface area contributed by atoms with Crippen LogP contribution in [0.5, 0.6) is 0 Å². The predicted octanol–water partition coefficient (Wildman–Crippen LogP) is 0.868. The van der Waals surface area contributed by atoms with Crippen molar-refractivity contribution in [1.29, 1.82) is 0 Å². The maximum absolute atomic E-state index is 12.7. The van der Waals surface area contributed by atoms with Crippen molar-refractivity contribution in [3.63, 3.8) is 0 Å². The molecule has 2 aliphatic heterocycles. The zero-order chi connectivity index (χ0) is 18.1. The maximum atomic E-state index is 12.7. The lowest BCUT2D eigenvalue weighted by Gasteiger charge is -2.26. The maximum Gasteiger partial charge on any atom is 0.320 e. The Morgan fingerprint density at radius 3 is 2.42 bits per heavy atom. The number of nitrogens with one attached hydrogen (secondary N) is 1. The molecule has 0 spiro atoms. The highest BCUT2D eigenvalue weighted by Crippen LogP contribution is 2.39. The van der Waals surface area contributed by atoms with Crippen LogP contribution in [0.25, 0.3) is 0 Å². The minimum Gasteiger partial charge on any atom is -0.368 e. The van der Waals surface area contributed by atoms with E-state index >= 15 is 0 Å². The highest BCUT2D eigenvalue weighted by Gasteiger charge is 2.31. The van der Waals surface area contributed by atoms with E-state index in [2.05, 4.69) is 10.3 Å². The topological polar surface area (TPSA) is 104 Å². The van der Waals surface area contributed by atoms with Crippen molar-refractivity contribution in [2.75, 3.05) is 38.0 Å². The molecule has 3 N–H and O–H groups in total. The second kappa shape index (κ2) is 7.09. The zero-order valence-corrected chi connectivity index (χ0v) is 15.0. The molecule has 0 radical (unpaired) electrons. The van der Waals surface area contributed by atoms with Crippen LogP contribution in [0.4, 0.5) is 10.6 Å². The highest BCUT2D eigenvalue weighted by atomic mass is 16.2. The largest absolute Gasteiger partial charge is 0.368 e. The monoisotopic (exact) mass is 358 g/mol. The van der Waals surface area contributed by atoms with Crippen LogP contribution >= 0.6 is 0 Å². The number of urea groups is 1. The molecule has 1 aromatic rings. The minimum atomic E-state index is -0.412. The molecule has 3 aliphatic rings. The molecule has 1 aliphatic carbocycles. The van der Waals surface area contributed by atoms with Crippen LogP contribution in [0.3, 0.4) is 0 Å². The van der Waals surface area contributed by atoms with Gasteiger partial charge in [-0.05, 0) is 32.1 Å². The Balaban J connectivity index is 1.54. The number of anilines is 1. The van der Waals surface area contributed by atoms with E-state index in [1.165, 1.54) is 0 Å². The first-order valence-electron chi connectivity index (χ1n) is 9.57. The van der Waals surface area contributed by atoms with Crippen molar-refractivity contribution in [3.05, 3.63) is 17.1 Å². The van der Waals surface area contributed by atoms with E-state index in [-0.39, 0.29) is 12.6 Å². The average Bonchev–Trinajstić information content (AvgIpc) is 3.38. The van der Waals surface area contributed by atoms with Gasteiger partial charge in [0.05, 0.1) is 12.2 Å². The van der Waals surface area contributed by atoms with Crippen molar-refractivity contribution in [1.82, 2.24) is 19.8 Å². The van der Waals surface area contributed by atoms with Crippen molar-refractivity contribution in [2.24, 2.45) is 5.73 Å². The average molecular weight is 358 g/mol. The molecular formula is C18H26N6O2. The molecular weight excluding hydrogens is 332 g/mol. The molecule has 0 unspecified atom stereocenters. The van der Waals surface area contributed by atoms with Gasteiger partial charge in [0, 0.05) is 44.1 Å². The molecule has 8 heteroatoms. The third kappa shape index (κ3) is 3.59. The van der Waals surface area contributed by atoms with Gasteiger partial charge in [-0.25, -0.2) is 14.8 Å². The summed E-state index contributed by atoms with van der Waals surface area (Å²) in [5.74, 6) is 1.59. The van der Waals surface area contributed by atoms with Gasteiger partial charge in [0.15, 0.2) is 0 Å². The van der Waals surface area contributed by atoms with Crippen molar-refractivity contribution in [3.8, 4) is 0 Å². The van der Waals surface area contributed by atoms with E-state index in [9.17, 15) is 9.59 Å². The first-order valence-corrected chi connectivity index (χ1v) is 9.57. The number of rotatable bonds is 4. The molecule has 3 amide bonds. The van der Waals surface area contributed by atoms with Crippen LogP contribution in [0.1, 0.15) is 48.7 Å². The second-order valence-corrected chi connectivity index (χ2v) is 7.41. The number of carbonyl (C=O) groups is 2. The predicted molar refractivity (Wildman–Crippen MR) is 96.9 cm³/mol. The number of primary amides is 1. The molecule has 26 heavy (non-hydrogen) atoms. The number of hydrogen-bond donors (Lipinski definition) is 2. The van der Waals surface area contributed by atoms with E-state index in [0.29, 0.717) is 31.2 Å². The number of carbonyl (C=O) groups excluding carboxylic acids is 2. The molecule has 3 heterocycles. The number of nitrogens with zero attached hydrogens (tertiary/aromatic N) is 4. The van der Waals surface area contributed by atoms with Crippen LogP contribution in [-0.2, 0) is 17.6 Å². The molecule has 0 aromatic carbocycles. The lowest BCUT2D eigenvalue weighted by molar-refractivity contribution is -0.116. The normalized spacial score (nSPS) is 19.8. The van der Waals surface area contributed by atoms with E-state index < -0.39 is 5.91 Å². The summed E-state index contributed by atoms with van der Waals surface area (Å²) in [5, 5.41) is 3.08. The SMILES string of the molecule is NC(=O)CNc1nc(C2CC2)nc2c1CCN(C(=O)N1CCCC1)CC2. The Bertz CT molecular complexity index is 712. The molecule has 0 atom stereocenters. The fourth-order valence-corrected chi connectivity index (χ4v) is 3.76. The summed E-state index contributed by atoms with van der Waals surface area (Å²) >= 11 is 0. The van der Waals surface area contributed by atoms with Gasteiger partial charge in [0.1, 0.15) is 11.6 Å². The van der Waals surface area contributed by atoms with Crippen LogP contribution in [0.2, 0.25) is 0 Å². The molecule has 1 saturated carbocycles. The summed E-state index contributed by atoms with van der Waals surface area (Å²) in [6.07, 6.45) is 5.85. The van der Waals surface area contributed by atoms with Crippen LogP contribution in [0, 0.1) is 0 Å². The van der Waals surface area contributed by atoms with E-state index in [4.69, 9.17) is 10.7 Å². The number of nitrogens with two attached hydrogens (primary N) is 1. The summed E-state index contributed by atoms with van der Waals surface area (Å²) in [5.41, 5.74) is 7.31. The van der Waals surface area contributed by atoms with Gasteiger partial charge < -0.3 is 20.9 Å². The molecule has 8 nitrogen and oxygen atoms in total. The van der Waals surface area contributed by atoms with E-state index in [0.717, 1.165) is 62.3 Å². The third-order valence-electron chi connectivity index (χ3n) is 5.38. The smallest absolute Gasteiger partial charge is 0.320 e. The highest BCUT2D eigenvalue weighted by molar-refractivity contribution is 5.79. The van der Waals surface area contributed by atoms with Gasteiger partial charge in [0.25, 0.3) is 0 Å². The number of aromatic nitrogens is 2. The summed E-state index contributed by atoms with van der Waals surface area (Å²) in [7, 11) is 0. The molecule has 4 rings (SSSR count). The van der Waals surface area contributed by atoms with Gasteiger partial charge in [-0.1, -0.05) is 0 Å². The first-order chi connectivity index (χ1) is 12.6. The molecule has 1 saturated heterocycles. The van der Waals surface area contributed by atoms with Crippen LogP contribution in [-0.4, -0.2) is 64.4 Å². The Morgan fingerprint density at radius 2 is 1.73 bits per heavy atom. The third-order valence-corrected chi connectivity index (χ3v) is 5.38. The summed E-state index contributed by atoms with van der Waals surface area (Å²) < 4.78 is 0. The quantitative estimate of drug-likeness (QED) is 0.831. The van der Waals surface area contributed by atoms with Gasteiger partial charge in [-0.2, -0.15) is 0 Å².